The van der Waals surface area contributed by atoms with Crippen LogP contribution in [0.4, 0.5) is 0 Å². The minimum atomic E-state index is -1.07. The number of nitrogens with two attached hydrogens (primary N) is 2. The van der Waals surface area contributed by atoms with Crippen molar-refractivity contribution in [3.05, 3.63) is 0 Å². The van der Waals surface area contributed by atoms with E-state index >= 15 is 0 Å². The summed E-state index contributed by atoms with van der Waals surface area (Å²) in [4.78, 5) is 19.7. The predicted octanol–water partition coefficient (Wildman–Crippen LogP) is -2.44. The summed E-state index contributed by atoms with van der Waals surface area (Å²) in [6.45, 7) is -0.346. The number of carbonyl (C=O) groups is 2. The SMILES string of the molecule is N[C@@H](CCO)C(=O)O.N[C@@H](CCO)C(=O)O. The van der Waals surface area contributed by atoms with E-state index in [0.29, 0.717) is 0 Å². The maximum Gasteiger partial charge on any atom is 0.320 e. The lowest BCUT2D eigenvalue weighted by atomic mass is 10.2. The molecule has 0 saturated heterocycles. The Morgan fingerprint density at radius 2 is 1.12 bits per heavy atom. The van der Waals surface area contributed by atoms with Gasteiger partial charge in [0.15, 0.2) is 0 Å². The van der Waals surface area contributed by atoms with E-state index in [1.165, 1.54) is 0 Å². The van der Waals surface area contributed by atoms with E-state index in [4.69, 9.17) is 31.9 Å². The molecule has 16 heavy (non-hydrogen) atoms. The average Bonchev–Trinajstić information content (AvgIpc) is 2.19. The van der Waals surface area contributed by atoms with Crippen molar-refractivity contribution < 1.29 is 30.0 Å². The molecule has 0 aliphatic carbocycles. The smallest absolute Gasteiger partial charge is 0.320 e. The number of carboxylic acids is 2. The minimum absolute atomic E-state index is 0.120. The number of aliphatic hydroxyl groups excluding tert-OH is 2. The summed E-state index contributed by atoms with van der Waals surface area (Å²) in [6, 6.07) is -1.83. The summed E-state index contributed by atoms with van der Waals surface area (Å²) in [7, 11) is 0. The van der Waals surface area contributed by atoms with Gasteiger partial charge in [0.1, 0.15) is 12.1 Å². The first-order valence-electron chi connectivity index (χ1n) is 4.55. The van der Waals surface area contributed by atoms with Gasteiger partial charge in [0.2, 0.25) is 0 Å². The highest BCUT2D eigenvalue weighted by molar-refractivity contribution is 5.73. The first-order chi connectivity index (χ1) is 7.36. The van der Waals surface area contributed by atoms with Crippen LogP contribution < -0.4 is 11.5 Å². The molecule has 0 saturated carbocycles. The third kappa shape index (κ3) is 10.9. The van der Waals surface area contributed by atoms with Crippen molar-refractivity contribution in [3.63, 3.8) is 0 Å². The zero-order chi connectivity index (χ0) is 13.1. The fraction of sp³-hybridized carbons (Fsp3) is 0.750. The lowest BCUT2D eigenvalue weighted by molar-refractivity contribution is -0.139. The molecular formula is C8H18N2O6. The molecule has 96 valence electrons. The van der Waals surface area contributed by atoms with Gasteiger partial charge in [-0.25, -0.2) is 0 Å². The Hall–Kier alpha value is -1.22. The standard InChI is InChI=1S/2C4H9NO3/c2*5-3(1-2-6)4(7)8/h2*3,6H,1-2,5H2,(H,7,8)/t2*3-/m00/s1. The fourth-order valence-electron chi connectivity index (χ4n) is 0.525. The van der Waals surface area contributed by atoms with Gasteiger partial charge in [-0.15, -0.1) is 0 Å². The Morgan fingerprint density at radius 3 is 1.19 bits per heavy atom. The van der Waals surface area contributed by atoms with Crippen LogP contribution in [0.5, 0.6) is 0 Å². The predicted molar refractivity (Wildman–Crippen MR) is 54.6 cm³/mol. The molecule has 0 aromatic carbocycles. The van der Waals surface area contributed by atoms with Gasteiger partial charge in [-0.05, 0) is 12.8 Å². The van der Waals surface area contributed by atoms with Gasteiger partial charge >= 0.3 is 11.9 Å². The zero-order valence-electron chi connectivity index (χ0n) is 8.74. The number of aliphatic hydroxyl groups is 2. The highest BCUT2D eigenvalue weighted by atomic mass is 16.4. The van der Waals surface area contributed by atoms with Gasteiger partial charge in [0.25, 0.3) is 0 Å². The molecule has 0 rings (SSSR count). The van der Waals surface area contributed by atoms with Crippen LogP contribution in [-0.2, 0) is 9.59 Å². The minimum Gasteiger partial charge on any atom is -0.480 e. The lowest BCUT2D eigenvalue weighted by Crippen LogP contribution is -2.30. The second-order valence-corrected chi connectivity index (χ2v) is 2.91. The monoisotopic (exact) mass is 238 g/mol. The maximum atomic E-state index is 9.85. The van der Waals surface area contributed by atoms with Crippen LogP contribution in [-0.4, -0.2) is 57.7 Å². The van der Waals surface area contributed by atoms with Crippen LogP contribution in [0.25, 0.3) is 0 Å². The Bertz CT molecular complexity index is 189. The van der Waals surface area contributed by atoms with Crippen molar-refractivity contribution in [2.75, 3.05) is 13.2 Å². The van der Waals surface area contributed by atoms with Crippen LogP contribution in [0.1, 0.15) is 12.8 Å². The molecule has 0 fully saturated rings. The van der Waals surface area contributed by atoms with E-state index in [1.807, 2.05) is 0 Å². The molecule has 0 aromatic heterocycles. The zero-order valence-corrected chi connectivity index (χ0v) is 8.74. The third-order valence-corrected chi connectivity index (χ3v) is 1.51. The van der Waals surface area contributed by atoms with E-state index < -0.39 is 24.0 Å². The highest BCUT2D eigenvalue weighted by Crippen LogP contribution is 1.84. The van der Waals surface area contributed by atoms with E-state index in [1.54, 1.807) is 0 Å². The Labute approximate surface area is 92.5 Å². The number of hydrogen-bond donors (Lipinski definition) is 6. The molecule has 0 amide bonds. The van der Waals surface area contributed by atoms with Gasteiger partial charge in [0, 0.05) is 13.2 Å². The number of carboxylic acid groups (broad SMARTS) is 2. The second-order valence-electron chi connectivity index (χ2n) is 2.91. The molecule has 8 nitrogen and oxygen atoms in total. The van der Waals surface area contributed by atoms with E-state index in [2.05, 4.69) is 0 Å². The van der Waals surface area contributed by atoms with Crippen molar-refractivity contribution in [1.29, 1.82) is 0 Å². The molecule has 8 heteroatoms. The molecule has 0 aliphatic heterocycles. The molecule has 0 bridgehead atoms. The van der Waals surface area contributed by atoms with Gasteiger partial charge in [-0.3, -0.25) is 9.59 Å². The van der Waals surface area contributed by atoms with Gasteiger partial charge in [-0.1, -0.05) is 0 Å². The maximum absolute atomic E-state index is 9.85. The molecule has 0 spiro atoms. The molecule has 8 N–H and O–H groups in total. The van der Waals surface area contributed by atoms with Gasteiger partial charge in [0.05, 0.1) is 0 Å². The summed E-state index contributed by atoms with van der Waals surface area (Å²) >= 11 is 0. The first-order valence-corrected chi connectivity index (χ1v) is 4.55. The largest absolute Gasteiger partial charge is 0.480 e. The summed E-state index contributed by atoms with van der Waals surface area (Å²) in [6.07, 6.45) is 0.241. The van der Waals surface area contributed by atoms with Gasteiger partial charge in [-0.2, -0.15) is 0 Å². The Kier molecular flexibility index (Phi) is 11.1. The van der Waals surface area contributed by atoms with Crippen LogP contribution in [0, 0.1) is 0 Å². The van der Waals surface area contributed by atoms with Crippen molar-refractivity contribution in [2.24, 2.45) is 11.5 Å². The summed E-state index contributed by atoms with van der Waals surface area (Å²) in [5, 5.41) is 32.4. The quantitative estimate of drug-likeness (QED) is 0.296. The Morgan fingerprint density at radius 1 is 0.875 bits per heavy atom. The van der Waals surface area contributed by atoms with Crippen LogP contribution >= 0.6 is 0 Å². The lowest BCUT2D eigenvalue weighted by Gasteiger charge is -2.00. The van der Waals surface area contributed by atoms with Crippen LogP contribution in [0.2, 0.25) is 0 Å². The average molecular weight is 238 g/mol. The summed E-state index contributed by atoms with van der Waals surface area (Å²) in [5.41, 5.74) is 9.93. The van der Waals surface area contributed by atoms with Crippen molar-refractivity contribution in [1.82, 2.24) is 0 Å². The molecule has 0 aliphatic rings. The normalized spacial score (nSPS) is 13.2. The molecule has 0 unspecified atom stereocenters. The van der Waals surface area contributed by atoms with Crippen LogP contribution in [0.15, 0.2) is 0 Å². The summed E-state index contributed by atoms with van der Waals surface area (Å²) in [5.74, 6) is -2.14. The first kappa shape index (κ1) is 17.2. The fourth-order valence-corrected chi connectivity index (χ4v) is 0.525. The topological polar surface area (TPSA) is 167 Å². The van der Waals surface area contributed by atoms with E-state index in [0.717, 1.165) is 0 Å². The number of hydrogen-bond acceptors (Lipinski definition) is 6. The van der Waals surface area contributed by atoms with Crippen molar-refractivity contribution >= 4 is 11.9 Å². The van der Waals surface area contributed by atoms with Crippen molar-refractivity contribution in [3.8, 4) is 0 Å². The molecule has 0 aromatic rings. The molecule has 0 heterocycles. The van der Waals surface area contributed by atoms with E-state index in [9.17, 15) is 9.59 Å². The highest BCUT2D eigenvalue weighted by Gasteiger charge is 2.09. The molecule has 2 atom stereocenters. The van der Waals surface area contributed by atoms with Gasteiger partial charge < -0.3 is 31.9 Å². The molecular weight excluding hydrogens is 220 g/mol. The number of rotatable bonds is 6. The summed E-state index contributed by atoms with van der Waals surface area (Å²) < 4.78 is 0. The number of aliphatic carboxylic acids is 2. The third-order valence-electron chi connectivity index (χ3n) is 1.51. The second kappa shape index (κ2) is 10.3. The Balaban J connectivity index is 0. The van der Waals surface area contributed by atoms with Crippen LogP contribution in [0.3, 0.4) is 0 Å². The molecule has 0 radical (unpaired) electrons. The van der Waals surface area contributed by atoms with E-state index in [-0.39, 0.29) is 26.1 Å². The van der Waals surface area contributed by atoms with Crippen molar-refractivity contribution in [2.45, 2.75) is 24.9 Å².